The molecule has 0 atom stereocenters. The third-order valence-electron chi connectivity index (χ3n) is 4.37. The lowest BCUT2D eigenvalue weighted by Gasteiger charge is -2.19. The molecule has 0 N–H and O–H groups in total. The van der Waals surface area contributed by atoms with Crippen LogP contribution in [0.25, 0.3) is 0 Å². The van der Waals surface area contributed by atoms with E-state index in [0.717, 1.165) is 94.8 Å². The van der Waals surface area contributed by atoms with Crippen LogP contribution in [0.2, 0.25) is 0 Å². The average molecular weight is 348 g/mol. The molecule has 0 amide bonds. The van der Waals surface area contributed by atoms with Gasteiger partial charge in [0.1, 0.15) is 0 Å². The number of hydrogen-bond acceptors (Lipinski definition) is 8. The summed E-state index contributed by atoms with van der Waals surface area (Å²) in [5, 5.41) is 8.06. The van der Waals surface area contributed by atoms with Crippen LogP contribution in [0, 0.1) is 0 Å². The molecule has 3 rings (SSSR count). The summed E-state index contributed by atoms with van der Waals surface area (Å²) in [6, 6.07) is 0. The molecule has 2 aromatic rings. The first kappa shape index (κ1) is 18.0. The maximum Gasteiger partial charge on any atom is 0.240 e. The lowest BCUT2D eigenvalue weighted by atomic mass is 10.3. The normalized spacial score (nSPS) is 17.0. The SMILES string of the molecule is CCCc1noc(CN2CCCN(Cc3nc(CCC)no3)CC2)n1. The summed E-state index contributed by atoms with van der Waals surface area (Å²) in [7, 11) is 0. The molecule has 3 heterocycles. The maximum absolute atomic E-state index is 5.36. The molecule has 0 aromatic carbocycles. The molecule has 8 heteroatoms. The standard InChI is InChI=1S/C17H28N6O2/c1-3-6-14-18-16(24-20-14)12-22-8-5-9-23(11-10-22)13-17-19-15(7-4-2)21-25-17/h3-13H2,1-2H3. The summed E-state index contributed by atoms with van der Waals surface area (Å²) < 4.78 is 10.7. The third-order valence-corrected chi connectivity index (χ3v) is 4.37. The molecule has 138 valence electrons. The zero-order valence-corrected chi connectivity index (χ0v) is 15.3. The van der Waals surface area contributed by atoms with Crippen molar-refractivity contribution in [3.8, 4) is 0 Å². The van der Waals surface area contributed by atoms with E-state index in [9.17, 15) is 0 Å². The van der Waals surface area contributed by atoms with Crippen molar-refractivity contribution in [2.45, 2.75) is 59.0 Å². The molecular weight excluding hydrogens is 320 g/mol. The quantitative estimate of drug-likeness (QED) is 0.717. The Morgan fingerprint density at radius 1 is 0.760 bits per heavy atom. The number of rotatable bonds is 8. The molecule has 0 radical (unpaired) electrons. The second-order valence-corrected chi connectivity index (χ2v) is 6.61. The Morgan fingerprint density at radius 3 is 1.68 bits per heavy atom. The average Bonchev–Trinajstić information content (AvgIpc) is 3.16. The van der Waals surface area contributed by atoms with E-state index in [-0.39, 0.29) is 0 Å². The van der Waals surface area contributed by atoms with Crippen LogP contribution in [0.4, 0.5) is 0 Å². The van der Waals surface area contributed by atoms with Crippen LogP contribution < -0.4 is 0 Å². The van der Waals surface area contributed by atoms with Gasteiger partial charge in [0.15, 0.2) is 11.6 Å². The number of hydrogen-bond donors (Lipinski definition) is 0. The Hall–Kier alpha value is -1.80. The van der Waals surface area contributed by atoms with Gasteiger partial charge in [0.05, 0.1) is 13.1 Å². The van der Waals surface area contributed by atoms with Crippen LogP contribution in [-0.2, 0) is 25.9 Å². The molecule has 1 aliphatic rings. The van der Waals surface area contributed by atoms with Gasteiger partial charge >= 0.3 is 0 Å². The van der Waals surface area contributed by atoms with Crippen molar-refractivity contribution in [3.63, 3.8) is 0 Å². The van der Waals surface area contributed by atoms with Crippen molar-refractivity contribution in [1.29, 1.82) is 0 Å². The second-order valence-electron chi connectivity index (χ2n) is 6.61. The highest BCUT2D eigenvalue weighted by Crippen LogP contribution is 2.11. The highest BCUT2D eigenvalue weighted by molar-refractivity contribution is 4.89. The Morgan fingerprint density at radius 2 is 1.24 bits per heavy atom. The van der Waals surface area contributed by atoms with Crippen molar-refractivity contribution >= 4 is 0 Å². The predicted octanol–water partition coefficient (Wildman–Crippen LogP) is 2.07. The van der Waals surface area contributed by atoms with Crippen LogP contribution >= 0.6 is 0 Å². The van der Waals surface area contributed by atoms with Gasteiger partial charge in [-0.3, -0.25) is 9.80 Å². The number of aromatic nitrogens is 4. The summed E-state index contributed by atoms with van der Waals surface area (Å²) in [5.74, 6) is 3.07. The van der Waals surface area contributed by atoms with Crippen molar-refractivity contribution in [3.05, 3.63) is 23.4 Å². The van der Waals surface area contributed by atoms with Crippen LogP contribution in [0.5, 0.6) is 0 Å². The summed E-state index contributed by atoms with van der Waals surface area (Å²) >= 11 is 0. The van der Waals surface area contributed by atoms with E-state index in [1.165, 1.54) is 0 Å². The largest absolute Gasteiger partial charge is 0.338 e. The molecule has 2 aromatic heterocycles. The zero-order chi connectivity index (χ0) is 17.5. The van der Waals surface area contributed by atoms with Crippen LogP contribution in [-0.4, -0.2) is 56.3 Å². The smallest absolute Gasteiger partial charge is 0.240 e. The Bertz CT molecular complexity index is 586. The molecule has 25 heavy (non-hydrogen) atoms. The fraction of sp³-hybridized carbons (Fsp3) is 0.765. The van der Waals surface area contributed by atoms with Gasteiger partial charge in [-0.25, -0.2) is 0 Å². The van der Waals surface area contributed by atoms with Gasteiger partial charge in [-0.2, -0.15) is 9.97 Å². The number of nitrogens with zero attached hydrogens (tertiary/aromatic N) is 6. The first-order valence-corrected chi connectivity index (χ1v) is 9.34. The monoisotopic (exact) mass is 348 g/mol. The van der Waals surface area contributed by atoms with E-state index in [2.05, 4.69) is 43.9 Å². The van der Waals surface area contributed by atoms with Crippen LogP contribution in [0.1, 0.15) is 56.5 Å². The molecule has 0 saturated carbocycles. The van der Waals surface area contributed by atoms with Gasteiger partial charge in [0, 0.05) is 25.9 Å². The molecule has 1 fully saturated rings. The minimum atomic E-state index is 0.720. The van der Waals surface area contributed by atoms with E-state index in [1.54, 1.807) is 0 Å². The van der Waals surface area contributed by atoms with E-state index in [4.69, 9.17) is 9.05 Å². The van der Waals surface area contributed by atoms with Crippen molar-refractivity contribution in [2.75, 3.05) is 26.2 Å². The lowest BCUT2D eigenvalue weighted by molar-refractivity contribution is 0.209. The molecule has 0 bridgehead atoms. The van der Waals surface area contributed by atoms with Gasteiger partial charge in [0.2, 0.25) is 11.8 Å². The molecular formula is C17H28N6O2. The number of aryl methyl sites for hydroxylation is 2. The van der Waals surface area contributed by atoms with Gasteiger partial charge in [-0.1, -0.05) is 24.2 Å². The summed E-state index contributed by atoms with van der Waals surface area (Å²) in [4.78, 5) is 13.7. The molecule has 8 nitrogen and oxygen atoms in total. The van der Waals surface area contributed by atoms with E-state index in [1.807, 2.05) is 0 Å². The van der Waals surface area contributed by atoms with Gasteiger partial charge in [0.25, 0.3) is 0 Å². The van der Waals surface area contributed by atoms with E-state index >= 15 is 0 Å². The van der Waals surface area contributed by atoms with Gasteiger partial charge in [-0.15, -0.1) is 0 Å². The molecule has 1 aliphatic heterocycles. The fourth-order valence-corrected chi connectivity index (χ4v) is 3.08. The van der Waals surface area contributed by atoms with E-state index in [0.29, 0.717) is 0 Å². The fourth-order valence-electron chi connectivity index (χ4n) is 3.08. The minimum absolute atomic E-state index is 0.720. The maximum atomic E-state index is 5.36. The summed E-state index contributed by atoms with van der Waals surface area (Å²) in [6.07, 6.45) is 4.93. The predicted molar refractivity (Wildman–Crippen MR) is 91.8 cm³/mol. The first-order valence-electron chi connectivity index (χ1n) is 9.34. The molecule has 0 aliphatic carbocycles. The highest BCUT2D eigenvalue weighted by Gasteiger charge is 2.19. The molecule has 0 spiro atoms. The lowest BCUT2D eigenvalue weighted by Crippen LogP contribution is -2.30. The Balaban J connectivity index is 1.47. The van der Waals surface area contributed by atoms with Crippen LogP contribution in [0.15, 0.2) is 9.05 Å². The summed E-state index contributed by atoms with van der Waals surface area (Å²) in [5.41, 5.74) is 0. The zero-order valence-electron chi connectivity index (χ0n) is 15.3. The highest BCUT2D eigenvalue weighted by atomic mass is 16.5. The van der Waals surface area contributed by atoms with Gasteiger partial charge in [-0.05, 0) is 32.4 Å². The van der Waals surface area contributed by atoms with Crippen molar-refractivity contribution in [1.82, 2.24) is 30.1 Å². The first-order chi connectivity index (χ1) is 12.3. The topological polar surface area (TPSA) is 84.3 Å². The Kier molecular flexibility index (Phi) is 6.52. The third kappa shape index (κ3) is 5.34. The minimum Gasteiger partial charge on any atom is -0.338 e. The second kappa shape index (κ2) is 9.05. The van der Waals surface area contributed by atoms with E-state index < -0.39 is 0 Å². The Labute approximate surface area is 148 Å². The molecule has 1 saturated heterocycles. The molecule has 0 unspecified atom stereocenters. The van der Waals surface area contributed by atoms with Gasteiger partial charge < -0.3 is 9.05 Å². The van der Waals surface area contributed by atoms with Crippen LogP contribution in [0.3, 0.4) is 0 Å². The van der Waals surface area contributed by atoms with Crippen molar-refractivity contribution in [2.24, 2.45) is 0 Å². The van der Waals surface area contributed by atoms with Crippen molar-refractivity contribution < 1.29 is 9.05 Å². The summed E-state index contributed by atoms with van der Waals surface area (Å²) in [6.45, 7) is 9.71.